The number of rotatable bonds is 6. The zero-order valence-electron chi connectivity index (χ0n) is 21.1. The molecule has 1 amide bonds. The average Bonchev–Trinajstić information content (AvgIpc) is 3.63. The van der Waals surface area contributed by atoms with Crippen molar-refractivity contribution in [3.05, 3.63) is 72.8 Å². The first-order valence-corrected chi connectivity index (χ1v) is 12.1. The smallest absolute Gasteiger partial charge is 0.295 e. The Morgan fingerprint density at radius 3 is 2.53 bits per heavy atom. The van der Waals surface area contributed by atoms with Crippen molar-refractivity contribution >= 4 is 34.4 Å². The highest BCUT2D eigenvalue weighted by atomic mass is 19.1. The summed E-state index contributed by atoms with van der Waals surface area (Å²) in [7, 11) is 0. The predicted molar refractivity (Wildman–Crippen MR) is 142 cm³/mol. The Kier molecular flexibility index (Phi) is 7.97. The number of fused-ring (bicyclic) bond motifs is 1. The van der Waals surface area contributed by atoms with Crippen molar-refractivity contribution in [1.29, 1.82) is 0 Å². The van der Waals surface area contributed by atoms with Gasteiger partial charge < -0.3 is 20.5 Å². The molecule has 0 atom stereocenters. The number of H-pyrrole nitrogens is 1. The summed E-state index contributed by atoms with van der Waals surface area (Å²) in [5.41, 5.74) is 6.37. The number of amides is 1. The van der Waals surface area contributed by atoms with Crippen LogP contribution < -0.4 is 21.5 Å². The number of benzene rings is 1. The van der Waals surface area contributed by atoms with Crippen LogP contribution in [0.3, 0.4) is 0 Å². The Balaban J connectivity index is 0.00000164. The van der Waals surface area contributed by atoms with E-state index in [1.165, 1.54) is 23.5 Å². The minimum absolute atomic E-state index is 0.0613. The number of piperazine rings is 1. The summed E-state index contributed by atoms with van der Waals surface area (Å²) >= 11 is 0. The van der Waals surface area contributed by atoms with E-state index in [0.29, 0.717) is 32.1 Å². The van der Waals surface area contributed by atoms with Crippen molar-refractivity contribution in [1.82, 2.24) is 29.6 Å². The van der Waals surface area contributed by atoms with Gasteiger partial charge in [0.1, 0.15) is 6.33 Å². The summed E-state index contributed by atoms with van der Waals surface area (Å²) in [6.45, 7) is 5.49. The molecule has 1 saturated heterocycles. The van der Waals surface area contributed by atoms with Gasteiger partial charge in [0, 0.05) is 44.8 Å². The Hall–Kier alpha value is -4.78. The number of aromatic amines is 1. The van der Waals surface area contributed by atoms with E-state index in [0.717, 1.165) is 16.9 Å². The molecule has 0 spiro atoms. The van der Waals surface area contributed by atoms with Gasteiger partial charge in [-0.15, -0.1) is 10.2 Å². The quantitative estimate of drug-likeness (QED) is 0.150. The number of hydrazine groups is 1. The maximum Gasteiger partial charge on any atom is 0.295 e. The van der Waals surface area contributed by atoms with E-state index in [1.54, 1.807) is 6.33 Å². The van der Waals surface area contributed by atoms with Gasteiger partial charge in [-0.05, 0) is 12.1 Å². The van der Waals surface area contributed by atoms with Gasteiger partial charge >= 0.3 is 0 Å². The Bertz CT molecular complexity index is 1440. The maximum absolute atomic E-state index is 14.7. The minimum Gasteiger partial charge on any atom is -0.403 e. The summed E-state index contributed by atoms with van der Waals surface area (Å²) in [6.07, 6.45) is 6.38. The minimum atomic E-state index is -0.823. The Morgan fingerprint density at radius 2 is 1.84 bits per heavy atom. The van der Waals surface area contributed by atoms with Crippen LogP contribution in [0.1, 0.15) is 24.2 Å². The van der Waals surface area contributed by atoms with Crippen LogP contribution in [0.15, 0.2) is 61.5 Å². The van der Waals surface area contributed by atoms with E-state index < -0.39 is 17.5 Å². The van der Waals surface area contributed by atoms with Crippen molar-refractivity contribution in [2.75, 3.05) is 36.1 Å². The molecule has 13 heteroatoms. The summed E-state index contributed by atoms with van der Waals surface area (Å²) in [5, 5.41) is 9.28. The number of ketones is 1. The molecule has 0 unspecified atom stereocenters. The van der Waals surface area contributed by atoms with E-state index in [1.807, 2.05) is 53.6 Å². The van der Waals surface area contributed by atoms with Crippen molar-refractivity contribution in [2.45, 2.75) is 13.8 Å². The molecule has 12 nitrogen and oxygen atoms in total. The molecule has 38 heavy (non-hydrogen) atoms. The van der Waals surface area contributed by atoms with Gasteiger partial charge in [0.05, 0.1) is 28.4 Å². The van der Waals surface area contributed by atoms with E-state index in [2.05, 4.69) is 20.2 Å². The maximum atomic E-state index is 14.7. The van der Waals surface area contributed by atoms with Gasteiger partial charge in [0.2, 0.25) is 5.95 Å². The SMILES string of the molecule is CC.N/C=C\N(N)c1ncc(F)c2c(C(=O)C(=O)N3CCN(c4nncn4-c4ccccc4)CC3)c[nH]c12. The number of carbonyl (C=O) groups is 2. The predicted octanol–water partition coefficient (Wildman–Crippen LogP) is 1.95. The van der Waals surface area contributed by atoms with Crippen molar-refractivity contribution in [2.24, 2.45) is 11.6 Å². The molecule has 5 N–H and O–H groups in total. The van der Waals surface area contributed by atoms with Gasteiger partial charge in [-0.2, -0.15) is 0 Å². The highest BCUT2D eigenvalue weighted by Crippen LogP contribution is 2.28. The summed E-state index contributed by atoms with van der Waals surface area (Å²) < 4.78 is 16.5. The zero-order valence-corrected chi connectivity index (χ0v) is 21.1. The van der Waals surface area contributed by atoms with E-state index >= 15 is 0 Å². The Morgan fingerprint density at radius 1 is 1.13 bits per heavy atom. The number of Topliss-reactive ketones (excluding diaryl/α,β-unsaturated/α-hetero) is 1. The second-order valence-electron chi connectivity index (χ2n) is 8.08. The van der Waals surface area contributed by atoms with Crippen LogP contribution >= 0.6 is 0 Å². The number of anilines is 2. The molecule has 0 saturated carbocycles. The number of nitrogens with one attached hydrogen (secondary N) is 1. The fourth-order valence-corrected chi connectivity index (χ4v) is 4.22. The number of para-hydroxylation sites is 1. The molecular formula is C25H29FN10O2. The van der Waals surface area contributed by atoms with Crippen LogP contribution in [-0.2, 0) is 4.79 Å². The molecule has 1 aromatic carbocycles. The topological polar surface area (TPSA) is 155 Å². The third-order valence-electron chi connectivity index (χ3n) is 5.99. The summed E-state index contributed by atoms with van der Waals surface area (Å²) in [4.78, 5) is 36.4. The molecule has 5 rings (SSSR count). The van der Waals surface area contributed by atoms with Gasteiger partial charge in [0.15, 0.2) is 11.6 Å². The molecule has 3 aromatic heterocycles. The summed E-state index contributed by atoms with van der Waals surface area (Å²) in [5.74, 6) is 4.38. The number of aromatic nitrogens is 5. The lowest BCUT2D eigenvalue weighted by Gasteiger charge is -2.34. The molecule has 0 radical (unpaired) electrons. The first-order valence-electron chi connectivity index (χ1n) is 12.1. The van der Waals surface area contributed by atoms with Crippen LogP contribution in [0.4, 0.5) is 16.2 Å². The van der Waals surface area contributed by atoms with Gasteiger partial charge in [-0.1, -0.05) is 32.0 Å². The largest absolute Gasteiger partial charge is 0.403 e. The molecule has 0 aliphatic carbocycles. The average molecular weight is 521 g/mol. The first kappa shape index (κ1) is 26.3. The van der Waals surface area contributed by atoms with Gasteiger partial charge in [-0.3, -0.25) is 19.2 Å². The number of hydrogen-bond acceptors (Lipinski definition) is 9. The molecule has 1 fully saturated rings. The van der Waals surface area contributed by atoms with E-state index in [4.69, 9.17) is 11.6 Å². The third kappa shape index (κ3) is 4.91. The van der Waals surface area contributed by atoms with Crippen molar-refractivity contribution in [3.63, 3.8) is 0 Å². The number of halogens is 1. The third-order valence-corrected chi connectivity index (χ3v) is 5.99. The van der Waals surface area contributed by atoms with Crippen LogP contribution in [-0.4, -0.2) is 67.5 Å². The number of carbonyl (C=O) groups excluding carboxylic acids is 2. The van der Waals surface area contributed by atoms with Crippen LogP contribution in [0, 0.1) is 5.82 Å². The number of nitrogens with two attached hydrogens (primary N) is 2. The summed E-state index contributed by atoms with van der Waals surface area (Å²) in [6, 6.07) is 9.67. The van der Waals surface area contributed by atoms with Gasteiger partial charge in [0.25, 0.3) is 11.7 Å². The molecule has 1 aliphatic rings. The monoisotopic (exact) mass is 520 g/mol. The molecule has 0 bridgehead atoms. The first-order chi connectivity index (χ1) is 18.5. The fraction of sp³-hybridized carbons (Fsp3) is 0.240. The number of hydrogen-bond donors (Lipinski definition) is 3. The second kappa shape index (κ2) is 11.5. The van der Waals surface area contributed by atoms with Crippen molar-refractivity contribution < 1.29 is 14.0 Å². The lowest BCUT2D eigenvalue weighted by molar-refractivity contribution is -0.126. The molecule has 4 heterocycles. The highest BCUT2D eigenvalue weighted by Gasteiger charge is 2.31. The molecule has 4 aromatic rings. The lowest BCUT2D eigenvalue weighted by atomic mass is 10.1. The number of nitrogens with zero attached hydrogens (tertiary/aromatic N) is 7. The van der Waals surface area contributed by atoms with E-state index in [9.17, 15) is 14.0 Å². The van der Waals surface area contributed by atoms with Crippen LogP contribution in [0.2, 0.25) is 0 Å². The second-order valence-corrected chi connectivity index (χ2v) is 8.08. The lowest BCUT2D eigenvalue weighted by Crippen LogP contribution is -2.51. The molecule has 1 aliphatic heterocycles. The standard InChI is InChI=1S/C23H23FN10O2.C2H6/c24-17-13-28-21(34(26)7-6-25)19-18(17)16(12-27-19)20(35)22(36)31-8-10-32(11-9-31)23-30-29-14-33(23)15-4-2-1-3-5-15;1-2/h1-7,12-14,27H,8-11,25-26H2;1-2H3/b7-6-;. The van der Waals surface area contributed by atoms with Crippen LogP contribution in [0.5, 0.6) is 0 Å². The number of pyridine rings is 1. The van der Waals surface area contributed by atoms with Crippen LogP contribution in [0.25, 0.3) is 16.6 Å². The Labute approximate surface area is 218 Å². The molecular weight excluding hydrogens is 491 g/mol. The zero-order chi connectivity index (χ0) is 27.2. The van der Waals surface area contributed by atoms with E-state index in [-0.39, 0.29) is 22.3 Å². The normalized spacial score (nSPS) is 13.5. The molecule has 198 valence electrons. The fourth-order valence-electron chi connectivity index (χ4n) is 4.22. The van der Waals surface area contributed by atoms with Gasteiger partial charge in [-0.25, -0.2) is 15.2 Å². The van der Waals surface area contributed by atoms with Crippen molar-refractivity contribution in [3.8, 4) is 5.69 Å². The highest BCUT2D eigenvalue weighted by molar-refractivity contribution is 6.45.